The standard InChI is InChI=1S/C19H23N3O3S3/c1-22(15-6-3-2-4-7-15)28(24,25)16-11-9-14(10-12-16)20-19(26)21-18(23)17-8-5-13-27-17/h5,8-13,15H,2-4,6-7H2,1H3,(H2,20,21,23,26). The SMILES string of the molecule is CN(C1CCCCC1)S(=O)(=O)c1ccc(NC(=S)NC(=O)c2cccs2)cc1. The van der Waals surface area contributed by atoms with Gasteiger partial charge in [-0.3, -0.25) is 10.1 Å². The zero-order valence-corrected chi connectivity index (χ0v) is 18.0. The summed E-state index contributed by atoms with van der Waals surface area (Å²) in [5.41, 5.74) is 0.607. The van der Waals surface area contributed by atoms with Gasteiger partial charge in [0, 0.05) is 18.8 Å². The molecule has 0 atom stereocenters. The molecule has 0 spiro atoms. The molecule has 2 N–H and O–H groups in total. The van der Waals surface area contributed by atoms with Crippen LogP contribution in [-0.2, 0) is 10.0 Å². The van der Waals surface area contributed by atoms with Crippen LogP contribution in [-0.4, -0.2) is 36.8 Å². The Hall–Kier alpha value is -1.81. The van der Waals surface area contributed by atoms with Gasteiger partial charge in [0.2, 0.25) is 10.0 Å². The molecular weight excluding hydrogens is 414 g/mol. The molecular formula is C19H23N3O3S3. The summed E-state index contributed by atoms with van der Waals surface area (Å²) in [5, 5.41) is 7.48. The highest BCUT2D eigenvalue weighted by atomic mass is 32.2. The fourth-order valence-electron chi connectivity index (χ4n) is 3.25. The number of thiocarbonyl (C=S) groups is 1. The fourth-order valence-corrected chi connectivity index (χ4v) is 5.50. The molecule has 1 fully saturated rings. The van der Waals surface area contributed by atoms with Gasteiger partial charge in [-0.2, -0.15) is 4.31 Å². The molecule has 0 radical (unpaired) electrons. The molecule has 0 bridgehead atoms. The van der Waals surface area contributed by atoms with Crippen LogP contribution < -0.4 is 10.6 Å². The van der Waals surface area contributed by atoms with Gasteiger partial charge < -0.3 is 5.32 Å². The fraction of sp³-hybridized carbons (Fsp3) is 0.368. The van der Waals surface area contributed by atoms with E-state index >= 15 is 0 Å². The normalized spacial score (nSPS) is 15.4. The number of nitrogens with one attached hydrogen (secondary N) is 2. The van der Waals surface area contributed by atoms with Gasteiger partial charge >= 0.3 is 0 Å². The Kier molecular flexibility index (Phi) is 6.82. The summed E-state index contributed by atoms with van der Waals surface area (Å²) >= 11 is 6.48. The largest absolute Gasteiger partial charge is 0.332 e. The quantitative estimate of drug-likeness (QED) is 0.695. The summed E-state index contributed by atoms with van der Waals surface area (Å²) in [6.07, 6.45) is 5.14. The molecule has 2 aromatic rings. The molecule has 1 saturated carbocycles. The molecule has 150 valence electrons. The molecule has 1 aliphatic rings. The minimum atomic E-state index is -3.53. The van der Waals surface area contributed by atoms with E-state index in [0.29, 0.717) is 10.6 Å². The van der Waals surface area contributed by atoms with Crippen LogP contribution in [0.3, 0.4) is 0 Å². The molecule has 28 heavy (non-hydrogen) atoms. The molecule has 9 heteroatoms. The van der Waals surface area contributed by atoms with E-state index in [4.69, 9.17) is 12.2 Å². The van der Waals surface area contributed by atoms with Crippen LogP contribution in [0.5, 0.6) is 0 Å². The summed E-state index contributed by atoms with van der Waals surface area (Å²) in [6.45, 7) is 0. The van der Waals surface area contributed by atoms with Gasteiger partial charge in [-0.05, 0) is 60.8 Å². The van der Waals surface area contributed by atoms with E-state index < -0.39 is 10.0 Å². The Labute approximate surface area is 175 Å². The van der Waals surface area contributed by atoms with Crippen LogP contribution in [0, 0.1) is 0 Å². The van der Waals surface area contributed by atoms with Crippen LogP contribution >= 0.6 is 23.6 Å². The lowest BCUT2D eigenvalue weighted by atomic mass is 9.96. The monoisotopic (exact) mass is 437 g/mol. The number of rotatable bonds is 5. The van der Waals surface area contributed by atoms with Crippen LogP contribution in [0.2, 0.25) is 0 Å². The molecule has 1 aliphatic carbocycles. The van der Waals surface area contributed by atoms with Crippen molar-refractivity contribution in [2.75, 3.05) is 12.4 Å². The van der Waals surface area contributed by atoms with Gasteiger partial charge in [0.1, 0.15) is 0 Å². The molecule has 0 saturated heterocycles. The molecule has 1 amide bonds. The molecule has 0 unspecified atom stereocenters. The van der Waals surface area contributed by atoms with Gasteiger partial charge in [0.25, 0.3) is 5.91 Å². The van der Waals surface area contributed by atoms with Crippen LogP contribution in [0.25, 0.3) is 0 Å². The smallest absolute Gasteiger partial charge is 0.267 e. The zero-order valence-electron chi connectivity index (χ0n) is 15.6. The number of amides is 1. The van der Waals surface area contributed by atoms with Crippen molar-refractivity contribution in [1.29, 1.82) is 0 Å². The van der Waals surface area contributed by atoms with Crippen molar-refractivity contribution >= 4 is 50.3 Å². The highest BCUT2D eigenvalue weighted by Gasteiger charge is 2.28. The highest BCUT2D eigenvalue weighted by molar-refractivity contribution is 7.89. The minimum absolute atomic E-state index is 0.0663. The topological polar surface area (TPSA) is 78.5 Å². The number of thiophene rings is 1. The maximum Gasteiger partial charge on any atom is 0.267 e. The third-order valence-corrected chi connectivity index (χ3v) is 7.85. The van der Waals surface area contributed by atoms with Crippen molar-refractivity contribution < 1.29 is 13.2 Å². The summed E-state index contributed by atoms with van der Waals surface area (Å²) in [6, 6.07) is 9.97. The number of carbonyl (C=O) groups excluding carboxylic acids is 1. The molecule has 0 aliphatic heterocycles. The summed E-state index contributed by atoms with van der Waals surface area (Å²) in [7, 11) is -1.87. The maximum atomic E-state index is 12.9. The molecule has 1 aromatic carbocycles. The third-order valence-electron chi connectivity index (χ3n) is 4.85. The van der Waals surface area contributed by atoms with Crippen LogP contribution in [0.1, 0.15) is 41.8 Å². The van der Waals surface area contributed by atoms with Crippen molar-refractivity contribution in [3.63, 3.8) is 0 Å². The Morgan fingerprint density at radius 3 is 2.43 bits per heavy atom. The van der Waals surface area contributed by atoms with Gasteiger partial charge in [-0.25, -0.2) is 8.42 Å². The molecule has 3 rings (SSSR count). The maximum absolute atomic E-state index is 12.9. The first-order valence-corrected chi connectivity index (χ1v) is 11.8. The van der Waals surface area contributed by atoms with E-state index in [1.54, 1.807) is 43.4 Å². The molecule has 1 heterocycles. The zero-order chi connectivity index (χ0) is 20.1. The van der Waals surface area contributed by atoms with Crippen molar-refractivity contribution in [1.82, 2.24) is 9.62 Å². The van der Waals surface area contributed by atoms with Crippen LogP contribution in [0.15, 0.2) is 46.7 Å². The average Bonchev–Trinajstić information content (AvgIpc) is 3.23. The van der Waals surface area contributed by atoms with Crippen molar-refractivity contribution in [3.8, 4) is 0 Å². The summed E-state index contributed by atoms with van der Waals surface area (Å²) < 4.78 is 27.2. The van der Waals surface area contributed by atoms with Gasteiger partial charge in [0.05, 0.1) is 9.77 Å². The number of anilines is 1. The second-order valence-electron chi connectivity index (χ2n) is 6.72. The minimum Gasteiger partial charge on any atom is -0.332 e. The van der Waals surface area contributed by atoms with Gasteiger partial charge in [-0.15, -0.1) is 11.3 Å². The highest BCUT2D eigenvalue weighted by Crippen LogP contribution is 2.27. The summed E-state index contributed by atoms with van der Waals surface area (Å²) in [5.74, 6) is -0.277. The Balaban J connectivity index is 1.62. The van der Waals surface area contributed by atoms with Crippen molar-refractivity contribution in [2.24, 2.45) is 0 Å². The third kappa shape index (κ3) is 4.96. The Morgan fingerprint density at radius 1 is 1.14 bits per heavy atom. The lowest BCUT2D eigenvalue weighted by Gasteiger charge is -2.30. The first-order chi connectivity index (χ1) is 13.4. The van der Waals surface area contributed by atoms with E-state index in [1.807, 2.05) is 5.38 Å². The predicted octanol–water partition coefficient (Wildman–Crippen LogP) is 3.83. The first kappa shape index (κ1) is 20.9. The summed E-state index contributed by atoms with van der Waals surface area (Å²) in [4.78, 5) is 12.8. The molecule has 1 aromatic heterocycles. The number of carbonyl (C=O) groups is 1. The van der Waals surface area contributed by atoms with Gasteiger partial charge in [-0.1, -0.05) is 25.3 Å². The van der Waals surface area contributed by atoms with Crippen LogP contribution in [0.4, 0.5) is 5.69 Å². The number of benzene rings is 1. The first-order valence-electron chi connectivity index (χ1n) is 9.12. The van der Waals surface area contributed by atoms with Crippen molar-refractivity contribution in [3.05, 3.63) is 46.7 Å². The van der Waals surface area contributed by atoms with E-state index in [2.05, 4.69) is 10.6 Å². The lowest BCUT2D eigenvalue weighted by Crippen LogP contribution is -2.38. The number of nitrogens with zero attached hydrogens (tertiary/aromatic N) is 1. The van der Waals surface area contributed by atoms with Gasteiger partial charge in [0.15, 0.2) is 5.11 Å². The second kappa shape index (κ2) is 9.13. The predicted molar refractivity (Wildman–Crippen MR) is 116 cm³/mol. The van der Waals surface area contributed by atoms with E-state index in [1.165, 1.54) is 22.1 Å². The number of hydrogen-bond donors (Lipinski definition) is 2. The number of hydrogen-bond acceptors (Lipinski definition) is 5. The van der Waals surface area contributed by atoms with E-state index in [-0.39, 0.29) is 22.0 Å². The Morgan fingerprint density at radius 2 is 1.82 bits per heavy atom. The number of sulfonamides is 1. The van der Waals surface area contributed by atoms with E-state index in [0.717, 1.165) is 25.7 Å². The average molecular weight is 438 g/mol. The second-order valence-corrected chi connectivity index (χ2v) is 10.1. The Bertz CT molecular complexity index is 919. The molecule has 6 nitrogen and oxygen atoms in total. The lowest BCUT2D eigenvalue weighted by molar-refractivity contribution is 0.0981. The van der Waals surface area contributed by atoms with Crippen molar-refractivity contribution in [2.45, 2.75) is 43.0 Å². The van der Waals surface area contributed by atoms with E-state index in [9.17, 15) is 13.2 Å².